The largest absolute Gasteiger partial charge is 0.465 e. The lowest BCUT2D eigenvalue weighted by Gasteiger charge is -2.07. The van der Waals surface area contributed by atoms with Crippen LogP contribution in [0.4, 0.5) is 5.82 Å². The van der Waals surface area contributed by atoms with Crippen LogP contribution in [0, 0.1) is 6.92 Å². The lowest BCUT2D eigenvalue weighted by molar-refractivity contribution is 0.0601. The van der Waals surface area contributed by atoms with Crippen LogP contribution in [0.2, 0.25) is 0 Å². The van der Waals surface area contributed by atoms with Crippen LogP contribution in [0.25, 0.3) is 16.6 Å². The molecule has 3 rings (SSSR count). The van der Waals surface area contributed by atoms with E-state index in [9.17, 15) is 4.79 Å². The maximum absolute atomic E-state index is 11.6. The van der Waals surface area contributed by atoms with E-state index in [1.54, 1.807) is 24.4 Å². The highest BCUT2D eigenvalue weighted by atomic mass is 16.5. The molecule has 0 aliphatic heterocycles. The summed E-state index contributed by atoms with van der Waals surface area (Å²) in [7, 11) is 1.35. The van der Waals surface area contributed by atoms with Gasteiger partial charge in [-0.2, -0.15) is 0 Å². The zero-order chi connectivity index (χ0) is 13.6. The Kier molecular flexibility index (Phi) is 2.38. The number of nitrogens with two attached hydrogens (primary N) is 1. The van der Waals surface area contributed by atoms with E-state index in [0.717, 1.165) is 16.9 Å². The van der Waals surface area contributed by atoms with E-state index in [1.807, 2.05) is 11.3 Å². The highest BCUT2D eigenvalue weighted by Crippen LogP contribution is 2.22. The second kappa shape index (κ2) is 3.94. The Morgan fingerprint density at radius 2 is 2.16 bits per heavy atom. The van der Waals surface area contributed by atoms with Gasteiger partial charge in [0.05, 0.1) is 29.9 Å². The maximum Gasteiger partial charge on any atom is 0.337 e. The summed E-state index contributed by atoms with van der Waals surface area (Å²) in [5, 5.41) is 0. The van der Waals surface area contributed by atoms with E-state index in [2.05, 4.69) is 9.97 Å². The number of imidazole rings is 1. The molecule has 0 amide bonds. The third-order valence-corrected chi connectivity index (χ3v) is 3.08. The quantitative estimate of drug-likeness (QED) is 0.668. The number of hydrogen-bond acceptors (Lipinski definition) is 5. The zero-order valence-corrected chi connectivity index (χ0v) is 10.5. The Morgan fingerprint density at radius 3 is 2.89 bits per heavy atom. The van der Waals surface area contributed by atoms with Crippen molar-refractivity contribution in [3.63, 3.8) is 0 Å². The first-order chi connectivity index (χ1) is 9.11. The van der Waals surface area contributed by atoms with E-state index in [4.69, 9.17) is 10.5 Å². The van der Waals surface area contributed by atoms with Gasteiger partial charge in [-0.3, -0.25) is 4.40 Å². The first-order valence-electron chi connectivity index (χ1n) is 5.73. The molecule has 3 aromatic rings. The number of carbonyl (C=O) groups excluding carboxylic acids is 1. The van der Waals surface area contributed by atoms with Gasteiger partial charge in [0, 0.05) is 0 Å². The first-order valence-corrected chi connectivity index (χ1v) is 5.73. The molecule has 2 aromatic heterocycles. The van der Waals surface area contributed by atoms with Crippen LogP contribution in [0.1, 0.15) is 16.2 Å². The summed E-state index contributed by atoms with van der Waals surface area (Å²) in [5.41, 5.74) is 8.58. The molecule has 0 saturated heterocycles. The Hall–Kier alpha value is -2.63. The molecular formula is C13H12N4O2. The molecule has 0 aliphatic carbocycles. The number of esters is 1. The number of anilines is 1. The number of aromatic nitrogens is 3. The van der Waals surface area contributed by atoms with Gasteiger partial charge in [0.25, 0.3) is 0 Å². The second-order valence-corrected chi connectivity index (χ2v) is 4.22. The van der Waals surface area contributed by atoms with Crippen molar-refractivity contribution in [2.24, 2.45) is 0 Å². The van der Waals surface area contributed by atoms with Crippen molar-refractivity contribution in [3.8, 4) is 0 Å². The van der Waals surface area contributed by atoms with Crippen LogP contribution >= 0.6 is 0 Å². The van der Waals surface area contributed by atoms with Crippen molar-refractivity contribution in [3.05, 3.63) is 35.8 Å². The summed E-state index contributed by atoms with van der Waals surface area (Å²) in [6, 6.07) is 5.14. The minimum atomic E-state index is -0.385. The molecule has 6 heteroatoms. The Labute approximate surface area is 108 Å². The van der Waals surface area contributed by atoms with Gasteiger partial charge >= 0.3 is 5.97 Å². The lowest BCUT2D eigenvalue weighted by Crippen LogP contribution is -2.04. The molecule has 0 aliphatic rings. The molecule has 1 aromatic carbocycles. The summed E-state index contributed by atoms with van der Waals surface area (Å²) in [6.45, 7) is 1.87. The predicted molar refractivity (Wildman–Crippen MR) is 71.0 cm³/mol. The minimum absolute atomic E-state index is 0.385. The molecule has 19 heavy (non-hydrogen) atoms. The number of nitrogens with zero attached hydrogens (tertiary/aromatic N) is 3. The number of methoxy groups -OCH3 is 1. The van der Waals surface area contributed by atoms with Gasteiger partial charge in [0.15, 0.2) is 0 Å². The number of aryl methyl sites for hydroxylation is 1. The smallest absolute Gasteiger partial charge is 0.337 e. The number of hydrogen-bond donors (Lipinski definition) is 1. The van der Waals surface area contributed by atoms with Crippen molar-refractivity contribution in [1.29, 1.82) is 0 Å². The molecule has 0 fully saturated rings. The zero-order valence-electron chi connectivity index (χ0n) is 10.5. The SMILES string of the molecule is COC(=O)c1ccc2nc(N)c3cnc(C)n3c2c1. The standard InChI is InChI=1S/C13H12N4O2/c1-7-15-6-11-12(14)16-9-4-3-8(13(18)19-2)5-10(9)17(7)11/h3-6H,1-2H3,(H2,14,16). The average molecular weight is 256 g/mol. The Balaban J connectivity index is 2.43. The van der Waals surface area contributed by atoms with Crippen LogP contribution in [-0.2, 0) is 4.74 Å². The average Bonchev–Trinajstić information content (AvgIpc) is 2.81. The summed E-state index contributed by atoms with van der Waals surface area (Å²) < 4.78 is 6.60. The van der Waals surface area contributed by atoms with Crippen molar-refractivity contribution in [2.45, 2.75) is 6.92 Å². The minimum Gasteiger partial charge on any atom is -0.465 e. The second-order valence-electron chi connectivity index (χ2n) is 4.22. The first kappa shape index (κ1) is 11.5. The van der Waals surface area contributed by atoms with Gasteiger partial charge in [-0.25, -0.2) is 14.8 Å². The number of carbonyl (C=O) groups is 1. The highest BCUT2D eigenvalue weighted by molar-refractivity contribution is 5.94. The molecule has 0 atom stereocenters. The molecular weight excluding hydrogens is 244 g/mol. The Morgan fingerprint density at radius 1 is 1.37 bits per heavy atom. The van der Waals surface area contributed by atoms with Crippen LogP contribution < -0.4 is 5.73 Å². The van der Waals surface area contributed by atoms with E-state index in [-0.39, 0.29) is 5.97 Å². The molecule has 0 saturated carbocycles. The molecule has 6 nitrogen and oxygen atoms in total. The van der Waals surface area contributed by atoms with Crippen molar-refractivity contribution in [2.75, 3.05) is 12.8 Å². The topological polar surface area (TPSA) is 82.5 Å². The van der Waals surface area contributed by atoms with E-state index >= 15 is 0 Å². The summed E-state index contributed by atoms with van der Waals surface area (Å²) >= 11 is 0. The van der Waals surface area contributed by atoms with Crippen molar-refractivity contribution >= 4 is 28.3 Å². The molecule has 2 heterocycles. The van der Waals surface area contributed by atoms with Crippen molar-refractivity contribution < 1.29 is 9.53 Å². The number of ether oxygens (including phenoxy) is 1. The fraction of sp³-hybridized carbons (Fsp3) is 0.154. The molecule has 0 unspecified atom stereocenters. The number of rotatable bonds is 1. The fourth-order valence-corrected chi connectivity index (χ4v) is 2.16. The van der Waals surface area contributed by atoms with E-state index < -0.39 is 0 Å². The van der Waals surface area contributed by atoms with Gasteiger partial charge < -0.3 is 10.5 Å². The number of nitrogen functional groups attached to an aromatic ring is 1. The summed E-state index contributed by atoms with van der Waals surface area (Å²) in [4.78, 5) is 20.1. The predicted octanol–water partition coefficient (Wildman–Crippen LogP) is 1.56. The van der Waals surface area contributed by atoms with Crippen molar-refractivity contribution in [1.82, 2.24) is 14.4 Å². The monoisotopic (exact) mass is 256 g/mol. The maximum atomic E-state index is 11.6. The lowest BCUT2D eigenvalue weighted by atomic mass is 10.2. The summed E-state index contributed by atoms with van der Waals surface area (Å²) in [6.07, 6.45) is 1.67. The van der Waals surface area contributed by atoms with Gasteiger partial charge in [0.1, 0.15) is 17.2 Å². The third-order valence-electron chi connectivity index (χ3n) is 3.08. The summed E-state index contributed by atoms with van der Waals surface area (Å²) in [5.74, 6) is 0.819. The van der Waals surface area contributed by atoms with Crippen LogP contribution in [0.3, 0.4) is 0 Å². The normalized spacial score (nSPS) is 11.1. The molecule has 2 N–H and O–H groups in total. The fourth-order valence-electron chi connectivity index (χ4n) is 2.16. The molecule has 0 radical (unpaired) electrons. The highest BCUT2D eigenvalue weighted by Gasteiger charge is 2.12. The number of fused-ring (bicyclic) bond motifs is 3. The Bertz CT molecular complexity index is 807. The molecule has 0 bridgehead atoms. The van der Waals surface area contributed by atoms with Gasteiger partial charge in [-0.05, 0) is 25.1 Å². The molecule has 96 valence electrons. The van der Waals surface area contributed by atoms with E-state index in [1.165, 1.54) is 7.11 Å². The van der Waals surface area contributed by atoms with E-state index in [0.29, 0.717) is 16.9 Å². The van der Waals surface area contributed by atoms with Gasteiger partial charge in [0.2, 0.25) is 0 Å². The van der Waals surface area contributed by atoms with Crippen LogP contribution in [0.5, 0.6) is 0 Å². The number of benzene rings is 1. The third kappa shape index (κ3) is 1.61. The van der Waals surface area contributed by atoms with Gasteiger partial charge in [-0.15, -0.1) is 0 Å². The van der Waals surface area contributed by atoms with Crippen LogP contribution in [0.15, 0.2) is 24.4 Å². The molecule has 0 spiro atoms. The van der Waals surface area contributed by atoms with Gasteiger partial charge in [-0.1, -0.05) is 0 Å². The van der Waals surface area contributed by atoms with Crippen LogP contribution in [-0.4, -0.2) is 27.4 Å².